The van der Waals surface area contributed by atoms with Gasteiger partial charge in [0.25, 0.3) is 0 Å². The van der Waals surface area contributed by atoms with E-state index in [-0.39, 0.29) is 0 Å². The Kier molecular flexibility index (Phi) is 31.5. The molecule has 0 bridgehead atoms. The first-order valence-corrected chi connectivity index (χ1v) is 13.3. The van der Waals surface area contributed by atoms with Crippen LogP contribution in [-0.2, 0) is 2.32 Å². The summed E-state index contributed by atoms with van der Waals surface area (Å²) in [7, 11) is 0. The third kappa shape index (κ3) is 31.2. The van der Waals surface area contributed by atoms with E-state index in [1.807, 2.05) is 0 Å². The van der Waals surface area contributed by atoms with Gasteiger partial charge in [-0.15, -0.1) is 0 Å². The molecule has 23 heavy (non-hydrogen) atoms. The van der Waals surface area contributed by atoms with Crippen LogP contribution in [0.15, 0.2) is 0 Å². The fourth-order valence-electron chi connectivity index (χ4n) is 2.85. The third-order valence-corrected chi connectivity index (χ3v) is 4.28. The van der Waals surface area contributed by atoms with Gasteiger partial charge in [-0.25, -0.2) is 0 Å². The van der Waals surface area contributed by atoms with Crippen LogP contribution in [0, 0.1) is 36.1 Å². The third-order valence-electron chi connectivity index (χ3n) is 4.28. The topological polar surface area (TPSA) is 57.9 Å². The normalized spacial score (nSPS) is 10.0. The standard InChI is InChI=1S/C19H40N.2O.Th/c1-2-3-4-5-6-7-8-9-10-11-12-13-14-15-16-17-18-19-20;;;/h20H,2-19H2,1H3;;;/q-1;;;. The monoisotopic (exact) mass is 546 g/mol. The first-order valence-electron chi connectivity index (χ1n) is 9.97. The van der Waals surface area contributed by atoms with Gasteiger partial charge in [0.2, 0.25) is 0 Å². The molecule has 0 heterocycles. The molecule has 0 fully saturated rings. The number of hydrogen-bond acceptors (Lipinski definition) is 2. The van der Waals surface area contributed by atoms with Crippen molar-refractivity contribution in [2.45, 2.75) is 116 Å². The van der Waals surface area contributed by atoms with Crippen molar-refractivity contribution >= 4 is 0 Å². The van der Waals surface area contributed by atoms with E-state index in [1.165, 1.54) is 103 Å². The molecule has 4 heteroatoms. The second kappa shape index (κ2) is 27.7. The van der Waals surface area contributed by atoms with Crippen molar-refractivity contribution in [2.24, 2.45) is 0 Å². The number of nitrogens with one attached hydrogen (secondary N) is 1. The molecule has 0 rings (SSSR count). The van der Waals surface area contributed by atoms with E-state index in [0.717, 1.165) is 6.42 Å². The summed E-state index contributed by atoms with van der Waals surface area (Å²) in [6.07, 6.45) is 24.0. The van der Waals surface area contributed by atoms with E-state index >= 15 is 0 Å². The molecule has 0 aromatic carbocycles. The Balaban J connectivity index is 0. The van der Waals surface area contributed by atoms with Gasteiger partial charge in [0.05, 0.1) is 0 Å². The molecule has 0 aliphatic rings. The van der Waals surface area contributed by atoms with Crippen LogP contribution in [-0.4, -0.2) is 6.54 Å². The number of rotatable bonds is 17. The van der Waals surface area contributed by atoms with Gasteiger partial charge in [0, 0.05) is 0 Å². The Bertz CT molecular complexity index is 213. The molecular weight excluding hydrogens is 506 g/mol. The van der Waals surface area contributed by atoms with E-state index in [4.69, 9.17) is 8.06 Å². The fourth-order valence-corrected chi connectivity index (χ4v) is 2.85. The van der Waals surface area contributed by atoms with Crippen LogP contribution in [0.1, 0.15) is 116 Å². The molecule has 0 aliphatic carbocycles. The molecule has 0 saturated heterocycles. The predicted molar refractivity (Wildman–Crippen MR) is 94.7 cm³/mol. The summed E-state index contributed by atoms with van der Waals surface area (Å²) in [5.74, 6) is 0. The van der Waals surface area contributed by atoms with Crippen molar-refractivity contribution in [3.05, 3.63) is 5.73 Å². The van der Waals surface area contributed by atoms with Crippen LogP contribution in [0.3, 0.4) is 0 Å². The zero-order valence-corrected chi connectivity index (χ0v) is 19.7. The van der Waals surface area contributed by atoms with Crippen molar-refractivity contribution in [3.8, 4) is 0 Å². The van der Waals surface area contributed by atoms with Crippen molar-refractivity contribution in [1.82, 2.24) is 0 Å². The summed E-state index contributed by atoms with van der Waals surface area (Å²) >= 11 is -2.51. The molecule has 1 N–H and O–H groups in total. The van der Waals surface area contributed by atoms with Crippen LogP contribution < -0.4 is 0 Å². The molecular formula is C19H40NO2Th-. The summed E-state index contributed by atoms with van der Waals surface area (Å²) < 4.78 is 17.2. The number of hydrogen-bond donors (Lipinski definition) is 0. The summed E-state index contributed by atoms with van der Waals surface area (Å²) in [5, 5.41) is 0. The Hall–Kier alpha value is 0.885. The molecule has 3 nitrogen and oxygen atoms in total. The molecule has 0 atom stereocenters. The fraction of sp³-hybridized carbons (Fsp3) is 1.00. The van der Waals surface area contributed by atoms with Crippen molar-refractivity contribution in [2.75, 3.05) is 6.54 Å². The minimum absolute atomic E-state index is 0.624. The average molecular weight is 547 g/mol. The first kappa shape index (κ1) is 26.1. The molecule has 138 valence electrons. The Morgan fingerprint density at radius 3 is 0.957 bits per heavy atom. The zero-order chi connectivity index (χ0) is 17.4. The minimum atomic E-state index is -2.51. The summed E-state index contributed by atoms with van der Waals surface area (Å²) in [6.45, 7) is 2.91. The SMILES string of the molecule is CCCCCCCCCCCCCCCCCCC[NH-].[O]=[Th]=[O]. The molecule has 0 unspecified atom stereocenters. The van der Waals surface area contributed by atoms with Gasteiger partial charge in [-0.05, 0) is 0 Å². The van der Waals surface area contributed by atoms with E-state index in [9.17, 15) is 0 Å². The van der Waals surface area contributed by atoms with Gasteiger partial charge in [0.15, 0.2) is 0 Å². The predicted octanol–water partition coefficient (Wildman–Crippen LogP) is 7.45. The molecule has 0 amide bonds. The summed E-state index contributed by atoms with van der Waals surface area (Å²) in [6, 6.07) is 0. The second-order valence-corrected chi connectivity index (χ2v) is 7.18. The Morgan fingerprint density at radius 1 is 0.522 bits per heavy atom. The molecule has 0 aromatic rings. The van der Waals surface area contributed by atoms with Gasteiger partial charge < -0.3 is 5.73 Å². The van der Waals surface area contributed by atoms with Gasteiger partial charge in [-0.3, -0.25) is 0 Å². The second-order valence-electron chi connectivity index (χ2n) is 6.49. The van der Waals surface area contributed by atoms with Gasteiger partial charge in [-0.2, -0.15) is 6.54 Å². The van der Waals surface area contributed by atoms with Gasteiger partial charge in [0.1, 0.15) is 0 Å². The van der Waals surface area contributed by atoms with E-state index < -0.39 is 36.1 Å². The van der Waals surface area contributed by atoms with E-state index in [1.54, 1.807) is 0 Å². The molecule has 0 aromatic heterocycles. The van der Waals surface area contributed by atoms with E-state index in [2.05, 4.69) is 6.92 Å². The first-order chi connectivity index (χ1) is 11.3. The molecule has 0 saturated carbocycles. The van der Waals surface area contributed by atoms with Crippen LogP contribution in [0.2, 0.25) is 0 Å². The molecule has 0 aliphatic heterocycles. The van der Waals surface area contributed by atoms with Crippen molar-refractivity contribution in [3.63, 3.8) is 0 Å². The number of unbranched alkanes of at least 4 members (excludes halogenated alkanes) is 16. The van der Waals surface area contributed by atoms with E-state index in [0.29, 0.717) is 6.54 Å². The van der Waals surface area contributed by atoms with Crippen LogP contribution in [0.5, 0.6) is 0 Å². The maximum atomic E-state index is 8.58. The van der Waals surface area contributed by atoms with Crippen LogP contribution in [0.4, 0.5) is 0 Å². The Labute approximate surface area is 165 Å². The van der Waals surface area contributed by atoms with Crippen molar-refractivity contribution in [1.29, 1.82) is 0 Å². The van der Waals surface area contributed by atoms with Gasteiger partial charge in [-0.1, -0.05) is 116 Å². The summed E-state index contributed by atoms with van der Waals surface area (Å²) in [5.41, 5.74) is 7.09. The Morgan fingerprint density at radius 2 is 0.739 bits per heavy atom. The average Bonchev–Trinajstić information content (AvgIpc) is 2.55. The quantitative estimate of drug-likeness (QED) is 0.178. The van der Waals surface area contributed by atoms with Gasteiger partial charge >= 0.3 is 38.4 Å². The van der Waals surface area contributed by atoms with Crippen molar-refractivity contribution < 1.29 is 38.4 Å². The summed E-state index contributed by atoms with van der Waals surface area (Å²) in [4.78, 5) is 0. The zero-order valence-electron chi connectivity index (χ0n) is 15.5. The van der Waals surface area contributed by atoms with Crippen LogP contribution >= 0.6 is 0 Å². The molecule has 0 radical (unpaired) electrons. The van der Waals surface area contributed by atoms with Crippen LogP contribution in [0.25, 0.3) is 5.73 Å². The molecule has 0 spiro atoms. The maximum absolute atomic E-state index is 8.58.